The number of hydrogen-bond acceptors (Lipinski definition) is 4. The van der Waals surface area contributed by atoms with Crippen LogP contribution in [0.4, 0.5) is 0 Å². The van der Waals surface area contributed by atoms with E-state index in [2.05, 4.69) is 10.3 Å². The third-order valence-electron chi connectivity index (χ3n) is 5.45. The van der Waals surface area contributed by atoms with Gasteiger partial charge in [-0.3, -0.25) is 9.78 Å². The largest absolute Gasteiger partial charge is 0.349 e. The van der Waals surface area contributed by atoms with Crippen LogP contribution in [-0.2, 0) is 27.9 Å². The van der Waals surface area contributed by atoms with Crippen LogP contribution in [0.5, 0.6) is 0 Å². The number of carbonyl (C=O) groups excluding carboxylic acids is 1. The molecule has 1 saturated heterocycles. The molecule has 4 rings (SSSR count). The third-order valence-corrected chi connectivity index (χ3v) is 7.35. The number of amides is 1. The summed E-state index contributed by atoms with van der Waals surface area (Å²) >= 11 is 0. The molecule has 158 valence electrons. The smallest absolute Gasteiger partial charge is 0.243 e. The average molecular weight is 427 g/mol. The van der Waals surface area contributed by atoms with Gasteiger partial charge in [0.1, 0.15) is 6.54 Å². The van der Waals surface area contributed by atoms with E-state index in [-0.39, 0.29) is 12.5 Å². The summed E-state index contributed by atoms with van der Waals surface area (Å²) in [6.45, 7) is 1.70. The molecule has 0 radical (unpaired) electrons. The highest BCUT2D eigenvalue weighted by atomic mass is 32.2. The van der Waals surface area contributed by atoms with Crippen molar-refractivity contribution >= 4 is 26.8 Å². The standard InChI is InChI=1S/C22H26N4O3S/c27-22(24-16-19-7-3-4-11-23-19)17-25-14-10-18-15-20(8-9-21(18)25)30(28,29)26-12-5-1-2-6-13-26/h3-4,7-11,14-15H,1-2,5-6,12-13,16-17H2,(H,24,27). The van der Waals surface area contributed by atoms with Gasteiger partial charge in [0.05, 0.1) is 17.1 Å². The van der Waals surface area contributed by atoms with Crippen LogP contribution < -0.4 is 5.32 Å². The first-order valence-corrected chi connectivity index (χ1v) is 11.7. The molecule has 3 aromatic rings. The van der Waals surface area contributed by atoms with Crippen molar-refractivity contribution in [2.45, 2.75) is 43.7 Å². The van der Waals surface area contributed by atoms with E-state index in [0.29, 0.717) is 24.5 Å². The predicted molar refractivity (Wildman–Crippen MR) is 115 cm³/mol. The molecular weight excluding hydrogens is 400 g/mol. The van der Waals surface area contributed by atoms with Crippen LogP contribution in [0.2, 0.25) is 0 Å². The highest BCUT2D eigenvalue weighted by molar-refractivity contribution is 7.89. The topological polar surface area (TPSA) is 84.3 Å². The molecule has 0 atom stereocenters. The van der Waals surface area contributed by atoms with E-state index in [1.807, 2.05) is 35.0 Å². The summed E-state index contributed by atoms with van der Waals surface area (Å²) in [6, 6.07) is 12.6. The monoisotopic (exact) mass is 426 g/mol. The predicted octanol–water partition coefficient (Wildman–Crippen LogP) is 2.92. The summed E-state index contributed by atoms with van der Waals surface area (Å²) in [5.41, 5.74) is 1.63. The summed E-state index contributed by atoms with van der Waals surface area (Å²) in [5, 5.41) is 3.67. The van der Waals surface area contributed by atoms with E-state index < -0.39 is 10.0 Å². The zero-order valence-electron chi connectivity index (χ0n) is 16.8. The molecule has 7 nitrogen and oxygen atoms in total. The van der Waals surface area contributed by atoms with Crippen molar-refractivity contribution in [2.24, 2.45) is 0 Å². The van der Waals surface area contributed by atoms with E-state index in [9.17, 15) is 13.2 Å². The van der Waals surface area contributed by atoms with Gasteiger partial charge in [0.15, 0.2) is 0 Å². The molecule has 1 amide bonds. The molecule has 0 aliphatic carbocycles. The molecule has 1 aliphatic heterocycles. The van der Waals surface area contributed by atoms with Crippen molar-refractivity contribution in [3.63, 3.8) is 0 Å². The fraction of sp³-hybridized carbons (Fsp3) is 0.364. The Morgan fingerprint density at radius 3 is 2.57 bits per heavy atom. The molecule has 0 saturated carbocycles. The van der Waals surface area contributed by atoms with E-state index in [1.165, 1.54) is 0 Å². The quantitative estimate of drug-likeness (QED) is 0.657. The van der Waals surface area contributed by atoms with Crippen molar-refractivity contribution in [1.29, 1.82) is 0 Å². The molecule has 1 N–H and O–H groups in total. The van der Waals surface area contributed by atoms with E-state index in [4.69, 9.17) is 0 Å². The Hall–Kier alpha value is -2.71. The summed E-state index contributed by atoms with van der Waals surface area (Å²) in [7, 11) is -3.49. The van der Waals surface area contributed by atoms with Gasteiger partial charge in [0.2, 0.25) is 15.9 Å². The first kappa shape index (κ1) is 20.6. The number of sulfonamides is 1. The molecule has 30 heavy (non-hydrogen) atoms. The number of nitrogens with zero attached hydrogens (tertiary/aromatic N) is 3. The number of benzene rings is 1. The highest BCUT2D eigenvalue weighted by Crippen LogP contribution is 2.25. The lowest BCUT2D eigenvalue weighted by Crippen LogP contribution is -2.31. The molecule has 3 heterocycles. The molecule has 2 aromatic heterocycles. The van der Waals surface area contributed by atoms with Gasteiger partial charge in [0, 0.05) is 36.4 Å². The minimum Gasteiger partial charge on any atom is -0.349 e. The van der Waals surface area contributed by atoms with Crippen LogP contribution >= 0.6 is 0 Å². The van der Waals surface area contributed by atoms with Gasteiger partial charge < -0.3 is 9.88 Å². The number of carbonyl (C=O) groups is 1. The normalized spacial score (nSPS) is 15.7. The van der Waals surface area contributed by atoms with E-state index in [1.54, 1.807) is 28.7 Å². The summed E-state index contributed by atoms with van der Waals surface area (Å²) in [5.74, 6) is -0.126. The first-order chi connectivity index (χ1) is 14.5. The van der Waals surface area contributed by atoms with Gasteiger partial charge in [-0.1, -0.05) is 18.9 Å². The number of nitrogens with one attached hydrogen (secondary N) is 1. The summed E-state index contributed by atoms with van der Waals surface area (Å²) in [6.07, 6.45) is 7.48. The Morgan fingerprint density at radius 2 is 1.83 bits per heavy atom. The maximum absolute atomic E-state index is 13.0. The lowest BCUT2D eigenvalue weighted by Gasteiger charge is -2.20. The molecular formula is C22H26N4O3S. The maximum atomic E-state index is 13.0. The molecule has 1 aromatic carbocycles. The van der Waals surface area contributed by atoms with Crippen molar-refractivity contribution < 1.29 is 13.2 Å². The number of pyridine rings is 1. The Kier molecular flexibility index (Phi) is 6.15. The number of hydrogen-bond donors (Lipinski definition) is 1. The van der Waals surface area contributed by atoms with E-state index in [0.717, 1.165) is 42.3 Å². The maximum Gasteiger partial charge on any atom is 0.243 e. The lowest BCUT2D eigenvalue weighted by molar-refractivity contribution is -0.121. The van der Waals surface area contributed by atoms with E-state index >= 15 is 0 Å². The molecule has 0 spiro atoms. The zero-order chi connectivity index (χ0) is 21.0. The summed E-state index contributed by atoms with van der Waals surface area (Å²) < 4.78 is 29.5. The third kappa shape index (κ3) is 4.55. The fourth-order valence-corrected chi connectivity index (χ4v) is 5.36. The summed E-state index contributed by atoms with van der Waals surface area (Å²) in [4.78, 5) is 16.8. The van der Waals surface area contributed by atoms with Gasteiger partial charge in [-0.2, -0.15) is 4.31 Å². The van der Waals surface area contributed by atoms with Crippen molar-refractivity contribution in [1.82, 2.24) is 19.2 Å². The average Bonchev–Trinajstić information content (AvgIpc) is 2.96. The Morgan fingerprint density at radius 1 is 1.03 bits per heavy atom. The molecule has 0 bridgehead atoms. The number of fused-ring (bicyclic) bond motifs is 1. The Labute approximate surface area is 176 Å². The van der Waals surface area contributed by atoms with Crippen LogP contribution in [0.1, 0.15) is 31.4 Å². The second kappa shape index (κ2) is 8.97. The highest BCUT2D eigenvalue weighted by Gasteiger charge is 2.25. The van der Waals surface area contributed by atoms with Crippen molar-refractivity contribution in [3.05, 3.63) is 60.6 Å². The fourth-order valence-electron chi connectivity index (χ4n) is 3.81. The van der Waals surface area contributed by atoms with Crippen molar-refractivity contribution in [2.75, 3.05) is 13.1 Å². The van der Waals surface area contributed by atoms with Crippen LogP contribution in [0.25, 0.3) is 10.9 Å². The number of aromatic nitrogens is 2. The second-order valence-corrected chi connectivity index (χ2v) is 9.52. The molecule has 1 fully saturated rings. The van der Waals surface area contributed by atoms with Gasteiger partial charge in [-0.25, -0.2) is 8.42 Å². The minimum atomic E-state index is -3.49. The van der Waals surface area contributed by atoms with Crippen LogP contribution in [-0.4, -0.2) is 41.3 Å². The minimum absolute atomic E-state index is 0.126. The molecule has 8 heteroatoms. The second-order valence-electron chi connectivity index (χ2n) is 7.58. The van der Waals surface area contributed by atoms with Crippen molar-refractivity contribution in [3.8, 4) is 0 Å². The van der Waals surface area contributed by atoms with Gasteiger partial charge >= 0.3 is 0 Å². The number of rotatable bonds is 6. The Bertz CT molecular complexity index is 1120. The van der Waals surface area contributed by atoms with Crippen LogP contribution in [0.15, 0.2) is 59.8 Å². The molecule has 1 aliphatic rings. The first-order valence-electron chi connectivity index (χ1n) is 10.3. The lowest BCUT2D eigenvalue weighted by atomic mass is 10.2. The SMILES string of the molecule is O=C(Cn1ccc2cc(S(=O)(=O)N3CCCCCC3)ccc21)NCc1ccccn1. The van der Waals surface area contributed by atoms with Gasteiger partial charge in [-0.15, -0.1) is 0 Å². The Balaban J connectivity index is 1.47. The van der Waals surface area contributed by atoms with Crippen LogP contribution in [0.3, 0.4) is 0 Å². The zero-order valence-corrected chi connectivity index (χ0v) is 17.6. The van der Waals surface area contributed by atoms with Gasteiger partial charge in [0.25, 0.3) is 0 Å². The van der Waals surface area contributed by atoms with Crippen LogP contribution in [0, 0.1) is 0 Å². The van der Waals surface area contributed by atoms with Gasteiger partial charge in [-0.05, 0) is 49.2 Å². The molecule has 0 unspecified atom stereocenters.